The highest BCUT2D eigenvalue weighted by molar-refractivity contribution is 5.91. The van der Waals surface area contributed by atoms with Crippen molar-refractivity contribution in [2.24, 2.45) is 0 Å². The number of carbonyl (C=O) groups is 1. The van der Waals surface area contributed by atoms with Gasteiger partial charge in [-0.3, -0.25) is 4.79 Å². The molecule has 0 radical (unpaired) electrons. The Bertz CT molecular complexity index is 561. The van der Waals surface area contributed by atoms with Crippen LogP contribution >= 0.6 is 0 Å². The summed E-state index contributed by atoms with van der Waals surface area (Å²) in [5.41, 5.74) is 7.50. The molecule has 88 valence electrons. The molecule has 0 aliphatic rings. The van der Waals surface area contributed by atoms with Gasteiger partial charge in [-0.15, -0.1) is 0 Å². The van der Waals surface area contributed by atoms with E-state index < -0.39 is 0 Å². The molecule has 1 amide bonds. The van der Waals surface area contributed by atoms with Crippen molar-refractivity contribution in [3.63, 3.8) is 0 Å². The molecule has 2 heterocycles. The van der Waals surface area contributed by atoms with Crippen molar-refractivity contribution < 1.29 is 4.79 Å². The van der Waals surface area contributed by atoms with Gasteiger partial charge in [0.25, 0.3) is 5.91 Å². The molecule has 0 bridgehead atoms. The van der Waals surface area contributed by atoms with E-state index in [-0.39, 0.29) is 5.91 Å². The van der Waals surface area contributed by atoms with E-state index in [4.69, 9.17) is 5.73 Å². The first-order valence-corrected chi connectivity index (χ1v) is 5.13. The molecule has 0 aromatic carbocycles. The summed E-state index contributed by atoms with van der Waals surface area (Å²) in [6.07, 6.45) is 1.66. The molecule has 0 aliphatic heterocycles. The number of anilines is 1. The lowest BCUT2D eigenvalue weighted by Crippen LogP contribution is -2.18. The summed E-state index contributed by atoms with van der Waals surface area (Å²) in [5.74, 6) is 0.287. The standard InChI is InChI=1S/C11H13N5O/c1-7-3-4-8(12)10(14-7)16-6-5-9(15-16)11(17)13-2/h3-6H,12H2,1-2H3,(H,13,17). The van der Waals surface area contributed by atoms with Crippen molar-refractivity contribution in [3.8, 4) is 5.82 Å². The first kappa shape index (κ1) is 11.1. The molecule has 0 fully saturated rings. The summed E-state index contributed by atoms with van der Waals surface area (Å²) >= 11 is 0. The third-order valence-corrected chi connectivity index (χ3v) is 2.31. The molecule has 2 aromatic heterocycles. The van der Waals surface area contributed by atoms with Crippen molar-refractivity contribution in [2.45, 2.75) is 6.92 Å². The zero-order valence-electron chi connectivity index (χ0n) is 9.64. The number of nitrogens with two attached hydrogens (primary N) is 1. The van der Waals surface area contributed by atoms with Gasteiger partial charge in [0.2, 0.25) is 0 Å². The molecule has 3 N–H and O–H groups in total. The van der Waals surface area contributed by atoms with Crippen molar-refractivity contribution >= 4 is 11.6 Å². The Morgan fingerprint density at radius 3 is 2.88 bits per heavy atom. The Morgan fingerprint density at radius 2 is 2.18 bits per heavy atom. The van der Waals surface area contributed by atoms with Crippen LogP contribution in [0.15, 0.2) is 24.4 Å². The second-order valence-corrected chi connectivity index (χ2v) is 3.59. The fourth-order valence-electron chi connectivity index (χ4n) is 1.43. The first-order chi connectivity index (χ1) is 8.11. The van der Waals surface area contributed by atoms with Gasteiger partial charge in [0.1, 0.15) is 0 Å². The Labute approximate surface area is 98.5 Å². The van der Waals surface area contributed by atoms with E-state index in [1.54, 1.807) is 25.4 Å². The lowest BCUT2D eigenvalue weighted by molar-refractivity contribution is 0.0957. The van der Waals surface area contributed by atoms with Gasteiger partial charge in [0.05, 0.1) is 5.69 Å². The quantitative estimate of drug-likeness (QED) is 0.788. The van der Waals surface area contributed by atoms with Gasteiger partial charge >= 0.3 is 0 Å². The molecule has 2 aromatic rings. The second kappa shape index (κ2) is 4.25. The number of rotatable bonds is 2. The van der Waals surface area contributed by atoms with E-state index in [2.05, 4.69) is 15.4 Å². The number of hydrogen-bond donors (Lipinski definition) is 2. The number of pyridine rings is 1. The van der Waals surface area contributed by atoms with Crippen LogP contribution in [-0.2, 0) is 0 Å². The average Bonchev–Trinajstić information content (AvgIpc) is 2.80. The van der Waals surface area contributed by atoms with Crippen LogP contribution in [0.25, 0.3) is 5.82 Å². The maximum atomic E-state index is 11.4. The van der Waals surface area contributed by atoms with Crippen molar-refractivity contribution in [1.29, 1.82) is 0 Å². The molecular formula is C11H13N5O. The van der Waals surface area contributed by atoms with E-state index in [0.29, 0.717) is 17.2 Å². The Morgan fingerprint density at radius 1 is 1.41 bits per heavy atom. The number of hydrogen-bond acceptors (Lipinski definition) is 4. The molecule has 0 atom stereocenters. The van der Waals surface area contributed by atoms with Gasteiger partial charge in [0, 0.05) is 18.9 Å². The highest BCUT2D eigenvalue weighted by Crippen LogP contribution is 2.14. The minimum atomic E-state index is -0.241. The van der Waals surface area contributed by atoms with Crippen LogP contribution in [-0.4, -0.2) is 27.7 Å². The maximum absolute atomic E-state index is 11.4. The Kier molecular flexibility index (Phi) is 2.78. The number of nitrogen functional groups attached to an aromatic ring is 1. The second-order valence-electron chi connectivity index (χ2n) is 3.59. The number of nitrogens with zero attached hydrogens (tertiary/aromatic N) is 3. The van der Waals surface area contributed by atoms with Crippen LogP contribution < -0.4 is 11.1 Å². The number of aromatic nitrogens is 3. The monoisotopic (exact) mass is 231 g/mol. The smallest absolute Gasteiger partial charge is 0.271 e. The third-order valence-electron chi connectivity index (χ3n) is 2.31. The fourth-order valence-corrected chi connectivity index (χ4v) is 1.43. The third kappa shape index (κ3) is 2.10. The Balaban J connectivity index is 2.43. The lowest BCUT2D eigenvalue weighted by atomic mass is 10.3. The summed E-state index contributed by atoms with van der Waals surface area (Å²) < 4.78 is 1.49. The largest absolute Gasteiger partial charge is 0.396 e. The van der Waals surface area contributed by atoms with Gasteiger partial charge in [-0.2, -0.15) is 5.10 Å². The molecule has 2 rings (SSSR count). The molecule has 0 saturated heterocycles. The normalized spacial score (nSPS) is 10.2. The fraction of sp³-hybridized carbons (Fsp3) is 0.182. The molecule has 17 heavy (non-hydrogen) atoms. The molecular weight excluding hydrogens is 218 g/mol. The van der Waals surface area contributed by atoms with Gasteiger partial charge < -0.3 is 11.1 Å². The van der Waals surface area contributed by atoms with Crippen LogP contribution in [0.4, 0.5) is 5.69 Å². The summed E-state index contributed by atoms with van der Waals surface area (Å²) in [7, 11) is 1.56. The minimum absolute atomic E-state index is 0.241. The van der Waals surface area contributed by atoms with E-state index >= 15 is 0 Å². The van der Waals surface area contributed by atoms with Crippen molar-refractivity contribution in [2.75, 3.05) is 12.8 Å². The van der Waals surface area contributed by atoms with E-state index in [1.807, 2.05) is 13.0 Å². The predicted octanol–water partition coefficient (Wildman–Crippen LogP) is 0.518. The molecule has 0 spiro atoms. The summed E-state index contributed by atoms with van der Waals surface area (Å²) in [6, 6.07) is 5.20. The lowest BCUT2D eigenvalue weighted by Gasteiger charge is -2.05. The van der Waals surface area contributed by atoms with Crippen molar-refractivity contribution in [3.05, 3.63) is 35.8 Å². The molecule has 6 heteroatoms. The van der Waals surface area contributed by atoms with Gasteiger partial charge in [-0.05, 0) is 25.1 Å². The van der Waals surface area contributed by atoms with Gasteiger partial charge in [0.15, 0.2) is 11.5 Å². The zero-order chi connectivity index (χ0) is 12.4. The SMILES string of the molecule is CNC(=O)c1ccn(-c2nc(C)ccc2N)n1. The molecule has 6 nitrogen and oxygen atoms in total. The first-order valence-electron chi connectivity index (χ1n) is 5.13. The highest BCUT2D eigenvalue weighted by Gasteiger charge is 2.10. The summed E-state index contributed by atoms with van der Waals surface area (Å²) in [6.45, 7) is 1.87. The van der Waals surface area contributed by atoms with Crippen LogP contribution in [0.5, 0.6) is 0 Å². The van der Waals surface area contributed by atoms with Gasteiger partial charge in [-0.25, -0.2) is 9.67 Å². The predicted molar refractivity (Wildman–Crippen MR) is 63.9 cm³/mol. The highest BCUT2D eigenvalue weighted by atomic mass is 16.1. The zero-order valence-corrected chi connectivity index (χ0v) is 9.64. The summed E-state index contributed by atoms with van der Waals surface area (Å²) in [4.78, 5) is 15.7. The molecule has 0 aliphatic carbocycles. The number of nitrogens with one attached hydrogen (secondary N) is 1. The van der Waals surface area contributed by atoms with Gasteiger partial charge in [-0.1, -0.05) is 0 Å². The topological polar surface area (TPSA) is 85.8 Å². The number of amides is 1. The number of carbonyl (C=O) groups excluding carboxylic acids is 1. The van der Waals surface area contributed by atoms with Crippen LogP contribution in [0.1, 0.15) is 16.2 Å². The van der Waals surface area contributed by atoms with Crippen LogP contribution in [0.3, 0.4) is 0 Å². The number of aryl methyl sites for hydroxylation is 1. The average molecular weight is 231 g/mol. The van der Waals surface area contributed by atoms with Crippen molar-refractivity contribution in [1.82, 2.24) is 20.1 Å². The Hall–Kier alpha value is -2.37. The molecule has 0 saturated carbocycles. The van der Waals surface area contributed by atoms with E-state index in [9.17, 15) is 4.79 Å². The maximum Gasteiger partial charge on any atom is 0.271 e. The van der Waals surface area contributed by atoms with Crippen LogP contribution in [0, 0.1) is 6.92 Å². The van der Waals surface area contributed by atoms with E-state index in [1.165, 1.54) is 4.68 Å². The minimum Gasteiger partial charge on any atom is -0.396 e. The molecule has 0 unspecified atom stereocenters. The summed E-state index contributed by atoms with van der Waals surface area (Å²) in [5, 5.41) is 6.62. The van der Waals surface area contributed by atoms with Crippen LogP contribution in [0.2, 0.25) is 0 Å². The van der Waals surface area contributed by atoms with E-state index in [0.717, 1.165) is 5.69 Å².